The summed E-state index contributed by atoms with van der Waals surface area (Å²) in [5.74, 6) is 0.344. The highest BCUT2D eigenvalue weighted by Gasteiger charge is 2.30. The Labute approximate surface area is 149 Å². The van der Waals surface area contributed by atoms with Crippen LogP contribution >= 0.6 is 12.4 Å². The number of urea groups is 1. The van der Waals surface area contributed by atoms with Crippen molar-refractivity contribution in [2.75, 3.05) is 44.6 Å². The van der Waals surface area contributed by atoms with Gasteiger partial charge in [0.15, 0.2) is 0 Å². The van der Waals surface area contributed by atoms with Crippen molar-refractivity contribution >= 4 is 30.0 Å². The lowest BCUT2D eigenvalue weighted by Gasteiger charge is -2.35. The highest BCUT2D eigenvalue weighted by molar-refractivity contribution is 5.89. The molecule has 0 radical (unpaired) electrons. The number of anilines is 1. The Morgan fingerprint density at radius 3 is 2.50 bits per heavy atom. The van der Waals surface area contributed by atoms with E-state index in [1.54, 1.807) is 4.90 Å². The molecule has 2 N–H and O–H groups in total. The summed E-state index contributed by atoms with van der Waals surface area (Å²) in [6, 6.07) is 7.67. The third-order valence-corrected chi connectivity index (χ3v) is 4.56. The van der Waals surface area contributed by atoms with Gasteiger partial charge in [-0.25, -0.2) is 4.79 Å². The number of carbonyl (C=O) groups excluding carboxylic acids is 2. The molecular weight excluding hydrogens is 328 g/mol. The van der Waals surface area contributed by atoms with Gasteiger partial charge >= 0.3 is 6.03 Å². The minimum absolute atomic E-state index is 0. The second-order valence-corrected chi connectivity index (χ2v) is 6.30. The third-order valence-electron chi connectivity index (χ3n) is 4.56. The largest absolute Gasteiger partial charge is 0.339 e. The lowest BCUT2D eigenvalue weighted by Crippen LogP contribution is -2.53. The first-order valence-electron chi connectivity index (χ1n) is 8.25. The monoisotopic (exact) mass is 352 g/mol. The van der Waals surface area contributed by atoms with E-state index in [0.29, 0.717) is 26.2 Å². The molecule has 0 spiro atoms. The van der Waals surface area contributed by atoms with Crippen molar-refractivity contribution in [2.24, 2.45) is 5.92 Å². The number of rotatable bonds is 2. The van der Waals surface area contributed by atoms with Crippen LogP contribution in [0.5, 0.6) is 0 Å². The molecule has 2 aliphatic heterocycles. The first-order valence-corrected chi connectivity index (χ1v) is 8.25. The summed E-state index contributed by atoms with van der Waals surface area (Å²) in [4.78, 5) is 28.4. The highest BCUT2D eigenvalue weighted by Crippen LogP contribution is 2.15. The lowest BCUT2D eigenvalue weighted by atomic mass is 10.1. The number of nitrogens with zero attached hydrogens (tertiary/aromatic N) is 2. The Balaban J connectivity index is 0.00000208. The van der Waals surface area contributed by atoms with E-state index in [4.69, 9.17) is 0 Å². The number of piperazine rings is 1. The minimum atomic E-state index is -0.0924. The van der Waals surface area contributed by atoms with Gasteiger partial charge in [-0.3, -0.25) is 4.79 Å². The standard InChI is InChI=1S/C17H24N4O2.ClH/c1-13-3-2-4-15(11-13)19-17(23)21-9-7-20(8-10-21)16(22)14-5-6-18-12-14;/h2-4,11,14,18H,5-10,12H2,1H3,(H,19,23);1H. The first-order chi connectivity index (χ1) is 11.1. The van der Waals surface area contributed by atoms with E-state index in [9.17, 15) is 9.59 Å². The van der Waals surface area contributed by atoms with Crippen LogP contribution in [0.3, 0.4) is 0 Å². The maximum absolute atomic E-state index is 12.4. The maximum Gasteiger partial charge on any atom is 0.321 e. The molecule has 0 bridgehead atoms. The van der Waals surface area contributed by atoms with Crippen molar-refractivity contribution in [1.82, 2.24) is 15.1 Å². The average molecular weight is 353 g/mol. The Bertz CT molecular complexity index is 582. The molecule has 1 aromatic carbocycles. The Morgan fingerprint density at radius 1 is 1.17 bits per heavy atom. The fourth-order valence-electron chi connectivity index (χ4n) is 3.18. The predicted octanol–water partition coefficient (Wildman–Crippen LogP) is 1.70. The van der Waals surface area contributed by atoms with Gasteiger partial charge in [0.25, 0.3) is 0 Å². The molecule has 2 heterocycles. The summed E-state index contributed by atoms with van der Waals surface area (Å²) in [7, 11) is 0. The zero-order chi connectivity index (χ0) is 16.2. The second kappa shape index (κ2) is 8.35. The zero-order valence-electron chi connectivity index (χ0n) is 14.0. The van der Waals surface area contributed by atoms with Crippen LogP contribution in [0, 0.1) is 12.8 Å². The van der Waals surface area contributed by atoms with Gasteiger partial charge < -0.3 is 20.4 Å². The summed E-state index contributed by atoms with van der Waals surface area (Å²) in [5, 5.41) is 6.15. The lowest BCUT2D eigenvalue weighted by molar-refractivity contribution is -0.136. The maximum atomic E-state index is 12.4. The predicted molar refractivity (Wildman–Crippen MR) is 96.6 cm³/mol. The molecule has 2 fully saturated rings. The first kappa shape index (κ1) is 18.5. The number of nitrogens with one attached hydrogen (secondary N) is 2. The van der Waals surface area contributed by atoms with Crippen LogP contribution in [0.15, 0.2) is 24.3 Å². The van der Waals surface area contributed by atoms with Crippen LogP contribution in [0.25, 0.3) is 0 Å². The molecule has 3 amide bonds. The van der Waals surface area contributed by atoms with Crippen molar-refractivity contribution in [1.29, 1.82) is 0 Å². The Hall–Kier alpha value is -1.79. The topological polar surface area (TPSA) is 64.7 Å². The second-order valence-electron chi connectivity index (χ2n) is 6.30. The number of hydrogen-bond acceptors (Lipinski definition) is 3. The van der Waals surface area contributed by atoms with Crippen LogP contribution in [0.2, 0.25) is 0 Å². The number of carbonyl (C=O) groups is 2. The van der Waals surface area contributed by atoms with Gasteiger partial charge in [0, 0.05) is 38.4 Å². The van der Waals surface area contributed by atoms with Gasteiger partial charge in [0.05, 0.1) is 5.92 Å². The minimum Gasteiger partial charge on any atom is -0.339 e. The van der Waals surface area contributed by atoms with E-state index in [0.717, 1.165) is 30.8 Å². The van der Waals surface area contributed by atoms with Gasteiger partial charge in [-0.05, 0) is 37.6 Å². The van der Waals surface area contributed by atoms with Gasteiger partial charge in [0.2, 0.25) is 5.91 Å². The van der Waals surface area contributed by atoms with E-state index >= 15 is 0 Å². The third kappa shape index (κ3) is 4.39. The summed E-state index contributed by atoms with van der Waals surface area (Å²) in [5.41, 5.74) is 1.92. The smallest absolute Gasteiger partial charge is 0.321 e. The van der Waals surface area contributed by atoms with Crippen molar-refractivity contribution in [3.8, 4) is 0 Å². The molecule has 0 saturated carbocycles. The van der Waals surface area contributed by atoms with Gasteiger partial charge in [0.1, 0.15) is 0 Å². The summed E-state index contributed by atoms with van der Waals surface area (Å²) >= 11 is 0. The molecule has 2 saturated heterocycles. The van der Waals surface area contributed by atoms with Gasteiger partial charge in [-0.2, -0.15) is 0 Å². The molecule has 1 unspecified atom stereocenters. The zero-order valence-corrected chi connectivity index (χ0v) is 14.8. The highest BCUT2D eigenvalue weighted by atomic mass is 35.5. The molecule has 2 aliphatic rings. The van der Waals surface area contributed by atoms with Gasteiger partial charge in [-0.1, -0.05) is 12.1 Å². The number of hydrogen-bond donors (Lipinski definition) is 2. The molecular formula is C17H25ClN4O2. The Morgan fingerprint density at radius 2 is 1.88 bits per heavy atom. The van der Waals surface area contributed by atoms with E-state index < -0.39 is 0 Å². The number of amides is 3. The molecule has 3 rings (SSSR count). The number of aryl methyl sites for hydroxylation is 1. The molecule has 7 heteroatoms. The summed E-state index contributed by atoms with van der Waals surface area (Å²) in [6.45, 7) is 6.13. The van der Waals surface area contributed by atoms with E-state index in [1.807, 2.05) is 36.1 Å². The summed E-state index contributed by atoms with van der Waals surface area (Å²) < 4.78 is 0. The van der Waals surface area contributed by atoms with Crippen molar-refractivity contribution in [3.63, 3.8) is 0 Å². The molecule has 0 aromatic heterocycles. The average Bonchev–Trinajstić information content (AvgIpc) is 3.09. The van der Waals surface area contributed by atoms with E-state index in [2.05, 4.69) is 10.6 Å². The van der Waals surface area contributed by atoms with Crippen LogP contribution in [-0.4, -0.2) is 61.0 Å². The Kier molecular flexibility index (Phi) is 6.45. The number of halogens is 1. The SMILES string of the molecule is Cc1cccc(NC(=O)N2CCN(C(=O)C3CCNC3)CC2)c1.Cl. The molecule has 6 nitrogen and oxygen atoms in total. The quantitative estimate of drug-likeness (QED) is 0.851. The fraction of sp³-hybridized carbons (Fsp3) is 0.529. The van der Waals surface area contributed by atoms with Crippen molar-refractivity contribution < 1.29 is 9.59 Å². The van der Waals surface area contributed by atoms with Crippen LogP contribution in [-0.2, 0) is 4.79 Å². The molecule has 132 valence electrons. The van der Waals surface area contributed by atoms with E-state index in [-0.39, 0.29) is 30.3 Å². The van der Waals surface area contributed by atoms with Crippen LogP contribution < -0.4 is 10.6 Å². The molecule has 24 heavy (non-hydrogen) atoms. The van der Waals surface area contributed by atoms with Crippen LogP contribution in [0.4, 0.5) is 10.5 Å². The summed E-state index contributed by atoms with van der Waals surface area (Å²) in [6.07, 6.45) is 0.924. The van der Waals surface area contributed by atoms with Crippen molar-refractivity contribution in [2.45, 2.75) is 13.3 Å². The van der Waals surface area contributed by atoms with Crippen LogP contribution in [0.1, 0.15) is 12.0 Å². The molecule has 1 atom stereocenters. The van der Waals surface area contributed by atoms with Crippen molar-refractivity contribution in [3.05, 3.63) is 29.8 Å². The normalized spacial score (nSPS) is 20.5. The molecule has 0 aliphatic carbocycles. The van der Waals surface area contributed by atoms with Gasteiger partial charge in [-0.15, -0.1) is 12.4 Å². The van der Waals surface area contributed by atoms with E-state index in [1.165, 1.54) is 0 Å². The fourth-order valence-corrected chi connectivity index (χ4v) is 3.18. The number of benzene rings is 1. The molecule has 1 aromatic rings.